The van der Waals surface area contributed by atoms with E-state index in [-0.39, 0.29) is 0 Å². The summed E-state index contributed by atoms with van der Waals surface area (Å²) < 4.78 is 0. The van der Waals surface area contributed by atoms with Crippen LogP contribution < -0.4 is 5.32 Å². The van der Waals surface area contributed by atoms with Crippen molar-refractivity contribution in [1.82, 2.24) is 24.9 Å². The molecule has 3 aromatic heterocycles. The van der Waals surface area contributed by atoms with E-state index in [0.717, 1.165) is 17.1 Å². The molecule has 0 saturated carbocycles. The monoisotopic (exact) mass is 300 g/mol. The minimum Gasteiger partial charge on any atom is -0.348 e. The average molecular weight is 301 g/mol. The molecule has 0 bridgehead atoms. The number of aryl methyl sites for hydroxylation is 2. The van der Waals surface area contributed by atoms with Gasteiger partial charge in [0.15, 0.2) is 10.8 Å². The summed E-state index contributed by atoms with van der Waals surface area (Å²) in [5.41, 5.74) is 3.54. The third kappa shape index (κ3) is 2.90. The maximum Gasteiger partial charge on any atom is 0.226 e. The van der Waals surface area contributed by atoms with Gasteiger partial charge in [0, 0.05) is 6.20 Å². The molecule has 0 spiro atoms. The number of anilines is 1. The third-order valence-electron chi connectivity index (χ3n) is 3.05. The molecule has 0 aliphatic heterocycles. The standard InChI is InChI=1S/C14H13ClN6/c1-8-9(2)19-13-11(18-8)12(15)20-14(21-13)17-7-10-5-3-4-6-16-10/h3-6H,7H2,1-2H3,(H,17,19,20,21). The number of pyridine rings is 1. The van der Waals surface area contributed by atoms with Crippen molar-refractivity contribution in [3.8, 4) is 0 Å². The first-order valence-electron chi connectivity index (χ1n) is 6.46. The maximum atomic E-state index is 6.16. The van der Waals surface area contributed by atoms with E-state index in [0.29, 0.717) is 28.8 Å². The van der Waals surface area contributed by atoms with Crippen LogP contribution in [0.1, 0.15) is 17.1 Å². The molecule has 0 amide bonds. The molecule has 1 N–H and O–H groups in total. The molecular formula is C14H13ClN6. The van der Waals surface area contributed by atoms with Gasteiger partial charge in [0.25, 0.3) is 0 Å². The second-order valence-electron chi connectivity index (χ2n) is 4.58. The van der Waals surface area contributed by atoms with Gasteiger partial charge < -0.3 is 5.32 Å². The number of halogens is 1. The molecule has 0 unspecified atom stereocenters. The molecular weight excluding hydrogens is 288 g/mol. The number of fused-ring (bicyclic) bond motifs is 1. The van der Waals surface area contributed by atoms with E-state index in [4.69, 9.17) is 11.6 Å². The number of aromatic nitrogens is 5. The van der Waals surface area contributed by atoms with E-state index in [1.807, 2.05) is 32.0 Å². The molecule has 0 aromatic carbocycles. The lowest BCUT2D eigenvalue weighted by atomic mass is 10.3. The average Bonchev–Trinajstić information content (AvgIpc) is 2.48. The molecule has 6 nitrogen and oxygen atoms in total. The summed E-state index contributed by atoms with van der Waals surface area (Å²) in [6.07, 6.45) is 1.74. The van der Waals surface area contributed by atoms with Crippen LogP contribution in [-0.4, -0.2) is 24.9 Å². The topological polar surface area (TPSA) is 76.5 Å². The van der Waals surface area contributed by atoms with Crippen molar-refractivity contribution < 1.29 is 0 Å². The van der Waals surface area contributed by atoms with Crippen molar-refractivity contribution in [2.75, 3.05) is 5.32 Å². The van der Waals surface area contributed by atoms with Gasteiger partial charge in [-0.3, -0.25) is 4.98 Å². The highest BCUT2D eigenvalue weighted by molar-refractivity contribution is 6.33. The Morgan fingerprint density at radius 3 is 2.62 bits per heavy atom. The molecule has 3 rings (SSSR count). The van der Waals surface area contributed by atoms with Crippen molar-refractivity contribution in [3.05, 3.63) is 46.6 Å². The highest BCUT2D eigenvalue weighted by Crippen LogP contribution is 2.20. The predicted molar refractivity (Wildman–Crippen MR) is 81.2 cm³/mol. The van der Waals surface area contributed by atoms with Gasteiger partial charge in [0.2, 0.25) is 5.95 Å². The highest BCUT2D eigenvalue weighted by atomic mass is 35.5. The van der Waals surface area contributed by atoms with Crippen LogP contribution in [0.2, 0.25) is 5.15 Å². The molecule has 0 aliphatic carbocycles. The van der Waals surface area contributed by atoms with E-state index in [2.05, 4.69) is 30.2 Å². The molecule has 7 heteroatoms. The Morgan fingerprint density at radius 1 is 1.05 bits per heavy atom. The van der Waals surface area contributed by atoms with Crippen molar-refractivity contribution in [2.24, 2.45) is 0 Å². The van der Waals surface area contributed by atoms with Crippen molar-refractivity contribution in [3.63, 3.8) is 0 Å². The SMILES string of the molecule is Cc1nc2nc(NCc3ccccn3)nc(Cl)c2nc1C. The summed E-state index contributed by atoms with van der Waals surface area (Å²) in [5.74, 6) is 0.413. The number of rotatable bonds is 3. The van der Waals surface area contributed by atoms with Crippen LogP contribution >= 0.6 is 11.6 Å². The summed E-state index contributed by atoms with van der Waals surface area (Å²) in [6.45, 7) is 4.28. The van der Waals surface area contributed by atoms with Crippen molar-refractivity contribution >= 4 is 28.7 Å². The zero-order valence-electron chi connectivity index (χ0n) is 11.6. The lowest BCUT2D eigenvalue weighted by molar-refractivity contribution is 0.996. The maximum absolute atomic E-state index is 6.16. The summed E-state index contributed by atoms with van der Waals surface area (Å²) in [5, 5.41) is 3.38. The van der Waals surface area contributed by atoms with Crippen LogP contribution in [0.25, 0.3) is 11.2 Å². The molecule has 0 atom stereocenters. The lowest BCUT2D eigenvalue weighted by Gasteiger charge is -2.07. The Hall–Kier alpha value is -2.34. The molecule has 0 saturated heterocycles. The second-order valence-corrected chi connectivity index (χ2v) is 4.94. The van der Waals surface area contributed by atoms with E-state index in [1.54, 1.807) is 6.20 Å². The fourth-order valence-electron chi connectivity index (χ4n) is 1.83. The van der Waals surface area contributed by atoms with Crippen LogP contribution in [0, 0.1) is 13.8 Å². The largest absolute Gasteiger partial charge is 0.348 e. The van der Waals surface area contributed by atoms with E-state index in [9.17, 15) is 0 Å². The number of hydrogen-bond acceptors (Lipinski definition) is 6. The first-order valence-corrected chi connectivity index (χ1v) is 6.83. The molecule has 3 aromatic rings. The van der Waals surface area contributed by atoms with Crippen LogP contribution in [-0.2, 0) is 6.54 Å². The van der Waals surface area contributed by atoms with Gasteiger partial charge in [-0.1, -0.05) is 17.7 Å². The lowest BCUT2D eigenvalue weighted by Crippen LogP contribution is -2.07. The predicted octanol–water partition coefficient (Wildman–Crippen LogP) is 2.70. The van der Waals surface area contributed by atoms with Gasteiger partial charge in [-0.05, 0) is 26.0 Å². The van der Waals surface area contributed by atoms with Gasteiger partial charge in [-0.15, -0.1) is 0 Å². The Bertz CT molecular complexity index is 790. The zero-order chi connectivity index (χ0) is 14.8. The molecule has 0 radical (unpaired) electrons. The quantitative estimate of drug-likeness (QED) is 0.749. The third-order valence-corrected chi connectivity index (χ3v) is 3.32. The fourth-order valence-corrected chi connectivity index (χ4v) is 2.04. The van der Waals surface area contributed by atoms with Crippen molar-refractivity contribution in [1.29, 1.82) is 0 Å². The second kappa shape index (κ2) is 5.57. The molecule has 0 fully saturated rings. The van der Waals surface area contributed by atoms with Gasteiger partial charge in [-0.25, -0.2) is 9.97 Å². The molecule has 21 heavy (non-hydrogen) atoms. The fraction of sp³-hybridized carbons (Fsp3) is 0.214. The first kappa shape index (κ1) is 13.6. The first-order chi connectivity index (χ1) is 10.1. The van der Waals surface area contributed by atoms with Crippen molar-refractivity contribution in [2.45, 2.75) is 20.4 Å². The van der Waals surface area contributed by atoms with Gasteiger partial charge >= 0.3 is 0 Å². The van der Waals surface area contributed by atoms with Crippen LogP contribution in [0.3, 0.4) is 0 Å². The summed E-state index contributed by atoms with van der Waals surface area (Å²) in [7, 11) is 0. The van der Waals surface area contributed by atoms with Crippen LogP contribution in [0.5, 0.6) is 0 Å². The molecule has 3 heterocycles. The molecule has 106 valence electrons. The zero-order valence-corrected chi connectivity index (χ0v) is 12.4. The van der Waals surface area contributed by atoms with Gasteiger partial charge in [0.1, 0.15) is 5.52 Å². The smallest absolute Gasteiger partial charge is 0.226 e. The number of hydrogen-bond donors (Lipinski definition) is 1. The Kier molecular flexibility index (Phi) is 3.62. The van der Waals surface area contributed by atoms with Gasteiger partial charge in [-0.2, -0.15) is 9.97 Å². The number of nitrogens with zero attached hydrogens (tertiary/aromatic N) is 5. The summed E-state index contributed by atoms with van der Waals surface area (Å²) >= 11 is 6.16. The Balaban J connectivity index is 1.91. The Labute approximate surface area is 126 Å². The minimum atomic E-state index is 0.291. The van der Waals surface area contributed by atoms with Gasteiger partial charge in [0.05, 0.1) is 23.6 Å². The van der Waals surface area contributed by atoms with Crippen LogP contribution in [0.4, 0.5) is 5.95 Å². The molecule has 0 aliphatic rings. The minimum absolute atomic E-state index is 0.291. The summed E-state index contributed by atoms with van der Waals surface area (Å²) in [6, 6.07) is 5.71. The normalized spacial score (nSPS) is 10.8. The summed E-state index contributed by atoms with van der Waals surface area (Å²) in [4.78, 5) is 21.5. The van der Waals surface area contributed by atoms with E-state index < -0.39 is 0 Å². The number of nitrogens with one attached hydrogen (secondary N) is 1. The van der Waals surface area contributed by atoms with E-state index >= 15 is 0 Å². The highest BCUT2D eigenvalue weighted by Gasteiger charge is 2.10. The Morgan fingerprint density at radius 2 is 1.86 bits per heavy atom. The van der Waals surface area contributed by atoms with E-state index in [1.165, 1.54) is 0 Å². The van der Waals surface area contributed by atoms with Crippen LogP contribution in [0.15, 0.2) is 24.4 Å².